The Labute approximate surface area is 287 Å². The second kappa shape index (κ2) is 15.1. The number of benzene rings is 4. The molecule has 0 N–H and O–H groups in total. The van der Waals surface area contributed by atoms with Crippen LogP contribution in [0.4, 0.5) is 13.2 Å². The smallest absolute Gasteiger partial charge is 0.339 e. The van der Waals surface area contributed by atoms with Gasteiger partial charge in [-0.05, 0) is 42.7 Å². The Balaban J connectivity index is 1.09. The molecule has 1 saturated heterocycles. The summed E-state index contributed by atoms with van der Waals surface area (Å²) in [5, 5.41) is 9.09. The average Bonchev–Trinajstić information content (AvgIpc) is 3.55. The van der Waals surface area contributed by atoms with Gasteiger partial charge in [0.15, 0.2) is 11.0 Å². The molecule has 1 fully saturated rings. The van der Waals surface area contributed by atoms with Gasteiger partial charge in [-0.3, -0.25) is 14.2 Å². The minimum atomic E-state index is -4.49. The second-order valence-electron chi connectivity index (χ2n) is 12.0. The van der Waals surface area contributed by atoms with Crippen molar-refractivity contribution in [2.75, 3.05) is 25.4 Å². The summed E-state index contributed by atoms with van der Waals surface area (Å²) in [5.74, 6) is 0.549. The van der Waals surface area contributed by atoms with Crippen LogP contribution in [0.1, 0.15) is 42.4 Å². The third-order valence-corrected chi connectivity index (χ3v) is 9.65. The molecule has 0 radical (unpaired) electrons. The van der Waals surface area contributed by atoms with Gasteiger partial charge in [0.2, 0.25) is 11.8 Å². The van der Waals surface area contributed by atoms with Crippen molar-refractivity contribution < 1.29 is 22.8 Å². The third-order valence-electron chi connectivity index (χ3n) is 8.64. The normalized spacial score (nSPS) is 15.1. The van der Waals surface area contributed by atoms with E-state index < -0.39 is 17.7 Å². The van der Waals surface area contributed by atoms with E-state index in [0.717, 1.165) is 28.8 Å². The van der Waals surface area contributed by atoms with Crippen LogP contribution in [0.5, 0.6) is 0 Å². The Morgan fingerprint density at radius 2 is 1.47 bits per heavy atom. The van der Waals surface area contributed by atoms with Crippen molar-refractivity contribution in [3.63, 3.8) is 0 Å². The summed E-state index contributed by atoms with van der Waals surface area (Å²) in [5.41, 5.74) is 2.13. The van der Waals surface area contributed by atoms with Crippen LogP contribution in [0.25, 0.3) is 17.1 Å². The standard InChI is InChI=1S/C38H36F3N5O2S/c1-27-26-44(22-23-45(27)36(48)34(28-13-5-2-6-14-28)29-15-7-3-8-16-29)33(47)21-12-24-49-37-43-42-35(30-17-9-4-10-18-30)46(37)32-20-11-19-31(25-32)38(39,40)41/h2-11,13-20,25,27,34H,12,21-24,26H2,1H3. The summed E-state index contributed by atoms with van der Waals surface area (Å²) in [4.78, 5) is 31.0. The first kappa shape index (κ1) is 34.0. The van der Waals surface area contributed by atoms with Crippen molar-refractivity contribution in [2.45, 2.75) is 43.1 Å². The minimum Gasteiger partial charge on any atom is -0.339 e. The van der Waals surface area contributed by atoms with Crippen LogP contribution in [0, 0.1) is 0 Å². The maximum Gasteiger partial charge on any atom is 0.416 e. The number of alkyl halides is 3. The zero-order valence-corrected chi connectivity index (χ0v) is 27.8. The number of nitrogens with zero attached hydrogens (tertiary/aromatic N) is 5. The molecule has 11 heteroatoms. The molecule has 2 amide bonds. The van der Waals surface area contributed by atoms with Gasteiger partial charge >= 0.3 is 6.18 Å². The largest absolute Gasteiger partial charge is 0.416 e. The SMILES string of the molecule is CC1CN(C(=O)CCCSc2nnc(-c3ccccc3)n2-c2cccc(C(F)(F)F)c2)CCN1C(=O)C(c1ccccc1)c1ccccc1. The maximum atomic E-state index is 14.0. The molecule has 0 aliphatic carbocycles. The molecule has 0 saturated carbocycles. The molecule has 7 nitrogen and oxygen atoms in total. The molecular weight excluding hydrogens is 648 g/mol. The molecule has 1 aliphatic heterocycles. The number of thioether (sulfide) groups is 1. The molecule has 0 bridgehead atoms. The van der Waals surface area contributed by atoms with Gasteiger partial charge < -0.3 is 9.80 Å². The van der Waals surface area contributed by atoms with E-state index in [4.69, 9.17) is 0 Å². The second-order valence-corrected chi connectivity index (χ2v) is 13.0. The number of rotatable bonds is 10. The lowest BCUT2D eigenvalue weighted by molar-refractivity contribution is -0.142. The first-order valence-electron chi connectivity index (χ1n) is 16.2. The molecule has 1 atom stereocenters. The minimum absolute atomic E-state index is 0.00605. The number of halogens is 3. The van der Waals surface area contributed by atoms with Crippen molar-refractivity contribution in [2.24, 2.45) is 0 Å². The van der Waals surface area contributed by atoms with Crippen LogP contribution in [-0.2, 0) is 15.8 Å². The quantitative estimate of drug-likeness (QED) is 0.111. The molecule has 252 valence electrons. The van der Waals surface area contributed by atoms with Gasteiger partial charge in [-0.15, -0.1) is 10.2 Å². The highest BCUT2D eigenvalue weighted by atomic mass is 32.2. The Bertz CT molecular complexity index is 1830. The van der Waals surface area contributed by atoms with Crippen molar-refractivity contribution in [3.8, 4) is 17.1 Å². The lowest BCUT2D eigenvalue weighted by Crippen LogP contribution is -2.56. The Kier molecular flexibility index (Phi) is 10.5. The first-order chi connectivity index (χ1) is 23.7. The monoisotopic (exact) mass is 683 g/mol. The number of carbonyl (C=O) groups excluding carboxylic acids is 2. The van der Waals surface area contributed by atoms with Crippen molar-refractivity contribution in [1.82, 2.24) is 24.6 Å². The predicted octanol–water partition coefficient (Wildman–Crippen LogP) is 7.72. The van der Waals surface area contributed by atoms with Gasteiger partial charge in [0, 0.05) is 43.4 Å². The van der Waals surface area contributed by atoms with Gasteiger partial charge in [0.05, 0.1) is 17.2 Å². The number of piperazine rings is 1. The van der Waals surface area contributed by atoms with E-state index >= 15 is 0 Å². The number of hydrogen-bond donors (Lipinski definition) is 0. The number of amides is 2. The van der Waals surface area contributed by atoms with E-state index in [1.807, 2.05) is 108 Å². The van der Waals surface area contributed by atoms with Crippen molar-refractivity contribution >= 4 is 23.6 Å². The van der Waals surface area contributed by atoms with Gasteiger partial charge in [-0.1, -0.05) is 109 Å². The molecule has 0 spiro atoms. The third kappa shape index (κ3) is 7.88. The lowest BCUT2D eigenvalue weighted by atomic mass is 9.89. The molecule has 1 aromatic heterocycles. The Hall–Kier alpha value is -4.90. The van der Waals surface area contributed by atoms with Crippen molar-refractivity contribution in [3.05, 3.63) is 132 Å². The summed E-state index contributed by atoms with van der Waals surface area (Å²) in [6.07, 6.45) is -3.66. The van der Waals surface area contributed by atoms with Crippen LogP contribution >= 0.6 is 11.8 Å². The topological polar surface area (TPSA) is 71.3 Å². The highest BCUT2D eigenvalue weighted by Gasteiger charge is 2.35. The first-order valence-corrected chi connectivity index (χ1v) is 17.2. The lowest BCUT2D eigenvalue weighted by Gasteiger charge is -2.41. The van der Waals surface area contributed by atoms with Crippen LogP contribution in [-0.4, -0.2) is 67.8 Å². The number of aromatic nitrogens is 3. The summed E-state index contributed by atoms with van der Waals surface area (Å²) in [6, 6.07) is 33.7. The van der Waals surface area contributed by atoms with E-state index in [2.05, 4.69) is 10.2 Å². The van der Waals surface area contributed by atoms with Crippen LogP contribution < -0.4 is 0 Å². The zero-order valence-electron chi connectivity index (χ0n) is 27.0. The molecular formula is C38H36F3N5O2S. The summed E-state index contributed by atoms with van der Waals surface area (Å²) in [6.45, 7) is 3.31. The molecule has 2 heterocycles. The van der Waals surface area contributed by atoms with Crippen molar-refractivity contribution in [1.29, 1.82) is 0 Å². The Morgan fingerprint density at radius 1 is 0.837 bits per heavy atom. The summed E-state index contributed by atoms with van der Waals surface area (Å²) < 4.78 is 42.3. The number of hydrogen-bond acceptors (Lipinski definition) is 5. The number of carbonyl (C=O) groups is 2. The van der Waals surface area contributed by atoms with Crippen LogP contribution in [0.15, 0.2) is 120 Å². The van der Waals surface area contributed by atoms with E-state index in [0.29, 0.717) is 54.9 Å². The molecule has 5 aromatic rings. The van der Waals surface area contributed by atoms with E-state index in [1.54, 1.807) is 10.6 Å². The fraction of sp³-hybridized carbons (Fsp3) is 0.263. The average molecular weight is 684 g/mol. The van der Waals surface area contributed by atoms with Crippen LogP contribution in [0.3, 0.4) is 0 Å². The summed E-state index contributed by atoms with van der Waals surface area (Å²) >= 11 is 1.35. The van der Waals surface area contributed by atoms with E-state index in [9.17, 15) is 22.8 Å². The fourth-order valence-corrected chi connectivity index (χ4v) is 7.07. The van der Waals surface area contributed by atoms with Gasteiger partial charge in [-0.25, -0.2) is 0 Å². The highest BCUT2D eigenvalue weighted by molar-refractivity contribution is 7.99. The molecule has 4 aromatic carbocycles. The predicted molar refractivity (Wildman–Crippen MR) is 184 cm³/mol. The molecule has 1 aliphatic rings. The zero-order chi connectivity index (χ0) is 34.4. The molecule has 6 rings (SSSR count). The summed E-state index contributed by atoms with van der Waals surface area (Å²) in [7, 11) is 0. The van der Waals surface area contributed by atoms with E-state index in [-0.39, 0.29) is 17.9 Å². The van der Waals surface area contributed by atoms with E-state index in [1.165, 1.54) is 17.8 Å². The highest BCUT2D eigenvalue weighted by Crippen LogP contribution is 2.34. The van der Waals surface area contributed by atoms with Crippen LogP contribution in [0.2, 0.25) is 0 Å². The molecule has 1 unspecified atom stereocenters. The molecule has 49 heavy (non-hydrogen) atoms. The maximum absolute atomic E-state index is 14.0. The fourth-order valence-electron chi connectivity index (χ4n) is 6.18. The Morgan fingerprint density at radius 3 is 2.08 bits per heavy atom. The van der Waals surface area contributed by atoms with Gasteiger partial charge in [0.1, 0.15) is 0 Å². The van der Waals surface area contributed by atoms with Gasteiger partial charge in [-0.2, -0.15) is 13.2 Å². The van der Waals surface area contributed by atoms with Gasteiger partial charge in [0.25, 0.3) is 0 Å².